The molecule has 84 valence electrons. The summed E-state index contributed by atoms with van der Waals surface area (Å²) < 4.78 is 10.6. The molecule has 6 nitrogen and oxygen atoms in total. The molecule has 0 aliphatic carbocycles. The van der Waals surface area contributed by atoms with Gasteiger partial charge in [-0.15, -0.1) is 0 Å². The Hall–Kier alpha value is -0.980. The first-order valence-corrected chi connectivity index (χ1v) is 5.06. The Morgan fingerprint density at radius 3 is 3.00 bits per heavy atom. The molecule has 2 heterocycles. The summed E-state index contributed by atoms with van der Waals surface area (Å²) in [6.45, 7) is 1.82. The Morgan fingerprint density at radius 2 is 2.40 bits per heavy atom. The molecule has 0 radical (unpaired) electrons. The van der Waals surface area contributed by atoms with E-state index < -0.39 is 6.04 Å². The maximum Gasteiger partial charge on any atom is 0.255 e. The van der Waals surface area contributed by atoms with E-state index in [1.807, 2.05) is 6.92 Å². The molecule has 1 aliphatic rings. The van der Waals surface area contributed by atoms with Crippen LogP contribution in [0.2, 0.25) is 0 Å². The highest BCUT2D eigenvalue weighted by atomic mass is 16.5. The van der Waals surface area contributed by atoms with E-state index in [4.69, 9.17) is 20.1 Å². The molecule has 1 aromatic rings. The summed E-state index contributed by atoms with van der Waals surface area (Å²) in [7, 11) is 0. The smallest absolute Gasteiger partial charge is 0.255 e. The minimum absolute atomic E-state index is 0.118. The minimum Gasteiger partial charge on any atom is -0.394 e. The van der Waals surface area contributed by atoms with Gasteiger partial charge in [0.2, 0.25) is 0 Å². The summed E-state index contributed by atoms with van der Waals surface area (Å²) in [5.41, 5.74) is 5.56. The van der Waals surface area contributed by atoms with Gasteiger partial charge in [-0.3, -0.25) is 0 Å². The van der Waals surface area contributed by atoms with Crippen molar-refractivity contribution in [3.05, 3.63) is 11.7 Å². The van der Waals surface area contributed by atoms with Gasteiger partial charge in [-0.05, 0) is 19.8 Å². The van der Waals surface area contributed by atoms with E-state index in [1.165, 1.54) is 0 Å². The Kier molecular flexibility index (Phi) is 2.99. The summed E-state index contributed by atoms with van der Waals surface area (Å²) in [4.78, 5) is 4.11. The fraction of sp³-hybridized carbons (Fsp3) is 0.778. The van der Waals surface area contributed by atoms with E-state index >= 15 is 0 Å². The largest absolute Gasteiger partial charge is 0.394 e. The first-order valence-electron chi connectivity index (χ1n) is 5.06. The van der Waals surface area contributed by atoms with Crippen molar-refractivity contribution in [2.45, 2.75) is 38.0 Å². The van der Waals surface area contributed by atoms with Crippen LogP contribution in [0.5, 0.6) is 0 Å². The molecule has 1 saturated heterocycles. The highest BCUT2D eigenvalue weighted by molar-refractivity contribution is 4.96. The Balaban J connectivity index is 2.07. The SMILES string of the molecule is CC1CCC(c2nc(C(N)CO)no2)O1. The Bertz CT molecular complexity index is 328. The fourth-order valence-corrected chi connectivity index (χ4v) is 1.59. The van der Waals surface area contributed by atoms with E-state index in [0.717, 1.165) is 12.8 Å². The third-order valence-corrected chi connectivity index (χ3v) is 2.49. The van der Waals surface area contributed by atoms with Gasteiger partial charge in [0.1, 0.15) is 6.10 Å². The van der Waals surface area contributed by atoms with Crippen LogP contribution >= 0.6 is 0 Å². The summed E-state index contributed by atoms with van der Waals surface area (Å²) in [5.74, 6) is 0.786. The van der Waals surface area contributed by atoms with Crippen LogP contribution in [0.15, 0.2) is 4.52 Å². The predicted octanol–water partition coefficient (Wildman–Crippen LogP) is 0.302. The highest BCUT2D eigenvalue weighted by Gasteiger charge is 2.28. The van der Waals surface area contributed by atoms with E-state index in [0.29, 0.717) is 11.7 Å². The van der Waals surface area contributed by atoms with Crippen LogP contribution in [0.3, 0.4) is 0 Å². The second-order valence-corrected chi connectivity index (χ2v) is 3.79. The quantitative estimate of drug-likeness (QED) is 0.750. The molecule has 1 fully saturated rings. The summed E-state index contributed by atoms with van der Waals surface area (Å²) in [6.07, 6.45) is 2.00. The molecule has 0 amide bonds. The van der Waals surface area contributed by atoms with Gasteiger partial charge >= 0.3 is 0 Å². The molecule has 1 aromatic heterocycles. The molecule has 3 N–H and O–H groups in total. The number of nitrogens with zero attached hydrogens (tertiary/aromatic N) is 2. The maximum atomic E-state index is 8.83. The number of rotatable bonds is 3. The predicted molar refractivity (Wildman–Crippen MR) is 50.8 cm³/mol. The van der Waals surface area contributed by atoms with Crippen LogP contribution in [0.25, 0.3) is 0 Å². The van der Waals surface area contributed by atoms with E-state index in [1.54, 1.807) is 0 Å². The van der Waals surface area contributed by atoms with Gasteiger partial charge < -0.3 is 20.1 Å². The number of hydrogen-bond donors (Lipinski definition) is 2. The number of aliphatic hydroxyl groups is 1. The third kappa shape index (κ3) is 2.17. The fourth-order valence-electron chi connectivity index (χ4n) is 1.59. The van der Waals surface area contributed by atoms with E-state index in [9.17, 15) is 0 Å². The van der Waals surface area contributed by atoms with Crippen molar-refractivity contribution < 1.29 is 14.4 Å². The van der Waals surface area contributed by atoms with Gasteiger partial charge in [0, 0.05) is 0 Å². The minimum atomic E-state index is -0.582. The molecule has 6 heteroatoms. The zero-order valence-corrected chi connectivity index (χ0v) is 8.59. The molecule has 15 heavy (non-hydrogen) atoms. The maximum absolute atomic E-state index is 8.83. The van der Waals surface area contributed by atoms with Crippen molar-refractivity contribution in [1.82, 2.24) is 10.1 Å². The zero-order valence-electron chi connectivity index (χ0n) is 8.59. The molecule has 0 spiro atoms. The molecule has 0 bridgehead atoms. The number of hydrogen-bond acceptors (Lipinski definition) is 6. The second kappa shape index (κ2) is 4.26. The first kappa shape index (κ1) is 10.5. The number of nitrogens with two attached hydrogens (primary N) is 1. The number of aromatic nitrogens is 2. The molecule has 3 atom stereocenters. The lowest BCUT2D eigenvalue weighted by molar-refractivity contribution is 0.0355. The van der Waals surface area contributed by atoms with Crippen molar-refractivity contribution >= 4 is 0 Å². The zero-order chi connectivity index (χ0) is 10.8. The van der Waals surface area contributed by atoms with Gasteiger partial charge in [-0.25, -0.2) is 0 Å². The van der Waals surface area contributed by atoms with Gasteiger partial charge in [0.15, 0.2) is 5.82 Å². The lowest BCUT2D eigenvalue weighted by atomic mass is 10.2. The third-order valence-electron chi connectivity index (χ3n) is 2.49. The summed E-state index contributed by atoms with van der Waals surface area (Å²) in [5, 5.41) is 12.5. The molecule has 0 aromatic carbocycles. The van der Waals surface area contributed by atoms with Gasteiger partial charge in [0.05, 0.1) is 18.8 Å². The van der Waals surface area contributed by atoms with Crippen molar-refractivity contribution in [1.29, 1.82) is 0 Å². The van der Waals surface area contributed by atoms with Crippen LogP contribution in [-0.2, 0) is 4.74 Å². The Labute approximate surface area is 87.4 Å². The summed E-state index contributed by atoms with van der Waals surface area (Å²) >= 11 is 0. The lowest BCUT2D eigenvalue weighted by Gasteiger charge is -2.04. The molecule has 2 rings (SSSR count). The molecular formula is C9H15N3O3. The monoisotopic (exact) mass is 213 g/mol. The van der Waals surface area contributed by atoms with Crippen LogP contribution in [0.4, 0.5) is 0 Å². The van der Waals surface area contributed by atoms with Gasteiger partial charge in [0.25, 0.3) is 5.89 Å². The van der Waals surface area contributed by atoms with E-state index in [2.05, 4.69) is 10.1 Å². The lowest BCUT2D eigenvalue weighted by Crippen LogP contribution is -2.16. The van der Waals surface area contributed by atoms with Crippen molar-refractivity contribution in [2.24, 2.45) is 5.73 Å². The average Bonchev–Trinajstić information content (AvgIpc) is 2.84. The first-order chi connectivity index (χ1) is 7.20. The molecule has 0 saturated carbocycles. The number of aliphatic hydroxyl groups excluding tert-OH is 1. The summed E-state index contributed by atoms with van der Waals surface area (Å²) in [6, 6.07) is -0.582. The topological polar surface area (TPSA) is 94.4 Å². The van der Waals surface area contributed by atoms with E-state index in [-0.39, 0.29) is 18.8 Å². The van der Waals surface area contributed by atoms with Crippen molar-refractivity contribution in [3.8, 4) is 0 Å². The van der Waals surface area contributed by atoms with Gasteiger partial charge in [-0.1, -0.05) is 5.16 Å². The Morgan fingerprint density at radius 1 is 1.60 bits per heavy atom. The average molecular weight is 213 g/mol. The van der Waals surface area contributed by atoms with Gasteiger partial charge in [-0.2, -0.15) is 4.98 Å². The van der Waals surface area contributed by atoms with Crippen LogP contribution in [0, 0.1) is 0 Å². The van der Waals surface area contributed by atoms with Crippen molar-refractivity contribution in [2.75, 3.05) is 6.61 Å². The highest BCUT2D eigenvalue weighted by Crippen LogP contribution is 2.31. The molecule has 3 unspecified atom stereocenters. The standard InChI is InChI=1S/C9H15N3O3/c1-5-2-3-7(14-5)9-11-8(12-15-9)6(10)4-13/h5-7,13H,2-4,10H2,1H3. The van der Waals surface area contributed by atoms with Crippen LogP contribution < -0.4 is 5.73 Å². The second-order valence-electron chi connectivity index (χ2n) is 3.79. The normalized spacial score (nSPS) is 28.2. The van der Waals surface area contributed by atoms with Crippen molar-refractivity contribution in [3.63, 3.8) is 0 Å². The number of ether oxygens (including phenoxy) is 1. The van der Waals surface area contributed by atoms with Crippen LogP contribution in [0.1, 0.15) is 43.6 Å². The van der Waals surface area contributed by atoms with Crippen LogP contribution in [-0.4, -0.2) is 28.0 Å². The molecule has 1 aliphatic heterocycles. The molecular weight excluding hydrogens is 198 g/mol.